The Balaban J connectivity index is 1.77. The number of non-ortho nitro benzene ring substituents is 1. The van der Waals surface area contributed by atoms with E-state index in [1.807, 2.05) is 6.07 Å². The largest absolute Gasteiger partial charge is 0.484 e. The molecule has 0 spiro atoms. The predicted molar refractivity (Wildman–Crippen MR) is 94.4 cm³/mol. The summed E-state index contributed by atoms with van der Waals surface area (Å²) in [7, 11) is 0. The number of nitrogens with one attached hydrogen (secondary N) is 2. The minimum Gasteiger partial charge on any atom is -0.484 e. The number of hydrogen-bond donors (Lipinski definition) is 2. The van der Waals surface area contributed by atoms with E-state index >= 15 is 0 Å². The number of para-hydroxylation sites is 1. The molecule has 0 atom stereocenters. The van der Waals surface area contributed by atoms with E-state index < -0.39 is 16.7 Å². The van der Waals surface area contributed by atoms with Gasteiger partial charge in [-0.05, 0) is 34.1 Å². The van der Waals surface area contributed by atoms with E-state index in [1.165, 1.54) is 24.3 Å². The molecule has 0 fully saturated rings. The molecule has 0 unspecified atom stereocenters. The van der Waals surface area contributed by atoms with Gasteiger partial charge in [-0.15, -0.1) is 0 Å². The molecule has 9 heteroatoms. The third kappa shape index (κ3) is 5.88. The Morgan fingerprint density at radius 2 is 1.88 bits per heavy atom. The van der Waals surface area contributed by atoms with Gasteiger partial charge in [0, 0.05) is 10.5 Å². The van der Waals surface area contributed by atoms with Crippen LogP contribution in [-0.2, 0) is 9.59 Å². The van der Waals surface area contributed by atoms with Crippen LogP contribution in [0.5, 0.6) is 5.75 Å². The topological polar surface area (TPSA) is 111 Å². The van der Waals surface area contributed by atoms with Crippen molar-refractivity contribution in [2.75, 3.05) is 18.5 Å². The standard InChI is InChI=1S/C16H14BrN3O5/c17-13-6-1-2-7-14(13)19-15(21)9-18-16(22)10-25-12-5-3-4-11(8-12)20(23)24/h1-8H,9-10H2,(H,18,22)(H,19,21). The van der Waals surface area contributed by atoms with Crippen molar-refractivity contribution in [2.45, 2.75) is 0 Å². The van der Waals surface area contributed by atoms with Gasteiger partial charge in [-0.1, -0.05) is 18.2 Å². The fourth-order valence-electron chi connectivity index (χ4n) is 1.82. The summed E-state index contributed by atoms with van der Waals surface area (Å²) in [5, 5.41) is 15.7. The number of amides is 2. The number of benzene rings is 2. The third-order valence-corrected chi connectivity index (χ3v) is 3.68. The summed E-state index contributed by atoms with van der Waals surface area (Å²) in [5.74, 6) is -0.716. The van der Waals surface area contributed by atoms with Crippen molar-refractivity contribution in [1.29, 1.82) is 0 Å². The molecule has 8 nitrogen and oxygen atoms in total. The second-order valence-corrected chi connectivity index (χ2v) is 5.70. The van der Waals surface area contributed by atoms with Gasteiger partial charge < -0.3 is 15.4 Å². The zero-order chi connectivity index (χ0) is 18.2. The molecular formula is C16H14BrN3O5. The first-order valence-corrected chi connectivity index (χ1v) is 7.93. The van der Waals surface area contributed by atoms with Crippen molar-refractivity contribution in [3.63, 3.8) is 0 Å². The molecule has 0 bridgehead atoms. The zero-order valence-corrected chi connectivity index (χ0v) is 14.5. The number of nitrogens with zero attached hydrogens (tertiary/aromatic N) is 1. The number of ether oxygens (including phenoxy) is 1. The van der Waals surface area contributed by atoms with E-state index in [1.54, 1.807) is 18.2 Å². The molecule has 25 heavy (non-hydrogen) atoms. The summed E-state index contributed by atoms with van der Waals surface area (Å²) in [6.45, 7) is -0.581. The van der Waals surface area contributed by atoms with Crippen molar-refractivity contribution in [3.05, 3.63) is 63.1 Å². The Morgan fingerprint density at radius 3 is 2.60 bits per heavy atom. The van der Waals surface area contributed by atoms with E-state index in [0.29, 0.717) is 5.69 Å². The van der Waals surface area contributed by atoms with Crippen molar-refractivity contribution in [3.8, 4) is 5.75 Å². The molecule has 0 saturated carbocycles. The van der Waals surface area contributed by atoms with Crippen molar-refractivity contribution < 1.29 is 19.2 Å². The van der Waals surface area contributed by atoms with Crippen LogP contribution in [0.1, 0.15) is 0 Å². The summed E-state index contributed by atoms with van der Waals surface area (Å²) in [4.78, 5) is 33.6. The number of carbonyl (C=O) groups excluding carboxylic acids is 2. The number of nitro groups is 1. The van der Waals surface area contributed by atoms with Gasteiger partial charge in [-0.25, -0.2) is 0 Å². The van der Waals surface area contributed by atoms with Gasteiger partial charge in [-0.3, -0.25) is 19.7 Å². The van der Waals surface area contributed by atoms with Crippen molar-refractivity contribution in [1.82, 2.24) is 5.32 Å². The Hall–Kier alpha value is -2.94. The van der Waals surface area contributed by atoms with Gasteiger partial charge in [0.15, 0.2) is 6.61 Å². The number of anilines is 1. The number of nitro benzene ring substituents is 1. The highest BCUT2D eigenvalue weighted by molar-refractivity contribution is 9.10. The fraction of sp³-hybridized carbons (Fsp3) is 0.125. The number of halogens is 1. The summed E-state index contributed by atoms with van der Waals surface area (Å²) < 4.78 is 5.90. The molecule has 0 heterocycles. The summed E-state index contributed by atoms with van der Waals surface area (Å²) in [6, 6.07) is 12.6. The van der Waals surface area contributed by atoms with Crippen LogP contribution in [0.15, 0.2) is 53.0 Å². The predicted octanol–water partition coefficient (Wildman–Crippen LogP) is 2.49. The highest BCUT2D eigenvalue weighted by Crippen LogP contribution is 2.21. The van der Waals surface area contributed by atoms with Gasteiger partial charge in [-0.2, -0.15) is 0 Å². The molecule has 0 aromatic heterocycles. The maximum Gasteiger partial charge on any atom is 0.273 e. The van der Waals surface area contributed by atoms with E-state index in [-0.39, 0.29) is 24.6 Å². The van der Waals surface area contributed by atoms with E-state index in [4.69, 9.17) is 4.74 Å². The number of carbonyl (C=O) groups is 2. The van der Waals surface area contributed by atoms with Crippen LogP contribution in [0.4, 0.5) is 11.4 Å². The first kappa shape index (κ1) is 18.4. The Kier molecular flexibility index (Phi) is 6.47. The Bertz CT molecular complexity index is 797. The molecule has 2 rings (SSSR count). The van der Waals surface area contributed by atoms with Crippen molar-refractivity contribution in [2.24, 2.45) is 0 Å². The molecular weight excluding hydrogens is 394 g/mol. The fourth-order valence-corrected chi connectivity index (χ4v) is 2.21. The normalized spacial score (nSPS) is 9.96. The minimum atomic E-state index is -0.557. The summed E-state index contributed by atoms with van der Waals surface area (Å²) >= 11 is 3.30. The van der Waals surface area contributed by atoms with Crippen LogP contribution in [-0.4, -0.2) is 29.9 Å². The lowest BCUT2D eigenvalue weighted by Crippen LogP contribution is -2.35. The molecule has 0 aliphatic rings. The molecule has 0 aliphatic heterocycles. The smallest absolute Gasteiger partial charge is 0.273 e. The lowest BCUT2D eigenvalue weighted by Gasteiger charge is -2.09. The monoisotopic (exact) mass is 407 g/mol. The number of hydrogen-bond acceptors (Lipinski definition) is 5. The lowest BCUT2D eigenvalue weighted by atomic mass is 10.3. The molecule has 0 saturated heterocycles. The van der Waals surface area contributed by atoms with Crippen LogP contribution in [0.3, 0.4) is 0 Å². The van der Waals surface area contributed by atoms with Crippen LogP contribution < -0.4 is 15.4 Å². The first-order valence-electron chi connectivity index (χ1n) is 7.14. The Morgan fingerprint density at radius 1 is 1.12 bits per heavy atom. The quantitative estimate of drug-likeness (QED) is 0.540. The SMILES string of the molecule is O=C(COc1cccc([N+](=O)[O-])c1)NCC(=O)Nc1ccccc1Br. The minimum absolute atomic E-state index is 0.134. The second kappa shape index (κ2) is 8.78. The van der Waals surface area contributed by atoms with Gasteiger partial charge in [0.1, 0.15) is 5.75 Å². The molecule has 2 aromatic rings. The van der Waals surface area contributed by atoms with Gasteiger partial charge >= 0.3 is 0 Å². The average molecular weight is 408 g/mol. The highest BCUT2D eigenvalue weighted by Gasteiger charge is 2.10. The number of rotatable bonds is 7. The summed E-state index contributed by atoms with van der Waals surface area (Å²) in [5.41, 5.74) is 0.459. The third-order valence-electron chi connectivity index (χ3n) is 2.99. The summed E-state index contributed by atoms with van der Waals surface area (Å²) in [6.07, 6.45) is 0. The van der Waals surface area contributed by atoms with Crippen LogP contribution in [0, 0.1) is 10.1 Å². The first-order chi connectivity index (χ1) is 12.0. The highest BCUT2D eigenvalue weighted by atomic mass is 79.9. The van der Waals surface area contributed by atoms with Crippen LogP contribution in [0.2, 0.25) is 0 Å². The Labute approximate surface area is 151 Å². The molecule has 0 radical (unpaired) electrons. The molecule has 2 N–H and O–H groups in total. The second-order valence-electron chi connectivity index (χ2n) is 4.85. The maximum atomic E-state index is 11.8. The molecule has 130 valence electrons. The maximum absolute atomic E-state index is 11.8. The van der Waals surface area contributed by atoms with Gasteiger partial charge in [0.25, 0.3) is 11.6 Å². The average Bonchev–Trinajstić information content (AvgIpc) is 2.60. The lowest BCUT2D eigenvalue weighted by molar-refractivity contribution is -0.384. The van der Waals surface area contributed by atoms with Crippen molar-refractivity contribution >= 4 is 39.1 Å². The van der Waals surface area contributed by atoms with E-state index in [9.17, 15) is 19.7 Å². The van der Waals surface area contributed by atoms with Crippen LogP contribution >= 0.6 is 15.9 Å². The zero-order valence-electron chi connectivity index (χ0n) is 12.9. The molecule has 0 aliphatic carbocycles. The van der Waals surface area contributed by atoms with Crippen LogP contribution in [0.25, 0.3) is 0 Å². The van der Waals surface area contributed by atoms with E-state index in [2.05, 4.69) is 26.6 Å². The van der Waals surface area contributed by atoms with Gasteiger partial charge in [0.2, 0.25) is 5.91 Å². The molecule has 2 aromatic carbocycles. The van der Waals surface area contributed by atoms with E-state index in [0.717, 1.165) is 4.47 Å². The molecule has 2 amide bonds. The van der Waals surface area contributed by atoms with Gasteiger partial charge in [0.05, 0.1) is 23.2 Å².